The first kappa shape index (κ1) is 13.9. The van der Waals surface area contributed by atoms with Gasteiger partial charge in [-0.25, -0.2) is 0 Å². The number of carboxylic acid groups (broad SMARTS) is 1. The van der Waals surface area contributed by atoms with E-state index < -0.39 is 5.97 Å². The molecule has 0 aromatic heterocycles. The predicted molar refractivity (Wildman–Crippen MR) is 72.5 cm³/mol. The number of aliphatic carboxylic acids is 1. The van der Waals surface area contributed by atoms with Gasteiger partial charge in [0.1, 0.15) is 0 Å². The molecule has 3 nitrogen and oxygen atoms in total. The molecule has 0 spiro atoms. The van der Waals surface area contributed by atoms with E-state index in [0.29, 0.717) is 17.4 Å². The topological polar surface area (TPSA) is 40.5 Å². The predicted octanol–water partition coefficient (Wildman–Crippen LogP) is 3.00. The van der Waals surface area contributed by atoms with Crippen molar-refractivity contribution in [1.82, 2.24) is 4.90 Å². The minimum atomic E-state index is -0.673. The zero-order chi connectivity index (χ0) is 13.3. The minimum absolute atomic E-state index is 0.228. The summed E-state index contributed by atoms with van der Waals surface area (Å²) in [5, 5.41) is 9.10. The molecule has 0 aromatic carbocycles. The van der Waals surface area contributed by atoms with Gasteiger partial charge in [-0.15, -0.1) is 0 Å². The van der Waals surface area contributed by atoms with Crippen molar-refractivity contribution in [3.05, 3.63) is 0 Å². The molecule has 18 heavy (non-hydrogen) atoms. The molecule has 2 rings (SSSR count). The molecule has 3 heteroatoms. The van der Waals surface area contributed by atoms with E-state index in [1.807, 2.05) is 0 Å². The summed E-state index contributed by atoms with van der Waals surface area (Å²) in [5.74, 6) is 0.714. The van der Waals surface area contributed by atoms with E-state index >= 15 is 0 Å². The standard InChI is InChI=1S/C15H27NO2/c1-11-8-15(2,3)7-6-13(11)16(10-14(17)18)9-12-4-5-12/h11-13H,4-10H2,1-3H3,(H,17,18). The normalized spacial score (nSPS) is 31.6. The van der Waals surface area contributed by atoms with Gasteiger partial charge in [0.2, 0.25) is 0 Å². The third kappa shape index (κ3) is 3.71. The maximum Gasteiger partial charge on any atom is 0.317 e. The van der Waals surface area contributed by atoms with Crippen molar-refractivity contribution < 1.29 is 9.90 Å². The summed E-state index contributed by atoms with van der Waals surface area (Å²) in [7, 11) is 0. The van der Waals surface area contributed by atoms with Crippen molar-refractivity contribution >= 4 is 5.97 Å². The van der Waals surface area contributed by atoms with Crippen LogP contribution in [0.2, 0.25) is 0 Å². The number of nitrogens with zero attached hydrogens (tertiary/aromatic N) is 1. The van der Waals surface area contributed by atoms with Gasteiger partial charge in [-0.1, -0.05) is 20.8 Å². The van der Waals surface area contributed by atoms with E-state index in [-0.39, 0.29) is 6.54 Å². The Morgan fingerprint density at radius 2 is 2.00 bits per heavy atom. The molecule has 104 valence electrons. The summed E-state index contributed by atoms with van der Waals surface area (Å²) in [6, 6.07) is 0.481. The SMILES string of the molecule is CC1CC(C)(C)CCC1N(CC(=O)O)CC1CC1. The van der Waals surface area contributed by atoms with Crippen LogP contribution in [0.25, 0.3) is 0 Å². The molecule has 2 fully saturated rings. The molecule has 2 aliphatic rings. The Morgan fingerprint density at radius 3 is 2.50 bits per heavy atom. The van der Waals surface area contributed by atoms with Crippen LogP contribution in [0, 0.1) is 17.3 Å². The van der Waals surface area contributed by atoms with E-state index in [9.17, 15) is 4.79 Å². The maximum absolute atomic E-state index is 11.0. The third-order valence-electron chi connectivity index (χ3n) is 4.65. The average molecular weight is 253 g/mol. The van der Waals surface area contributed by atoms with Gasteiger partial charge in [0.05, 0.1) is 6.54 Å². The zero-order valence-electron chi connectivity index (χ0n) is 12.0. The number of carbonyl (C=O) groups is 1. The molecular weight excluding hydrogens is 226 g/mol. The Balaban J connectivity index is 1.98. The van der Waals surface area contributed by atoms with Gasteiger partial charge in [0.25, 0.3) is 0 Å². The molecular formula is C15H27NO2. The van der Waals surface area contributed by atoms with Crippen LogP contribution in [0.15, 0.2) is 0 Å². The highest BCUT2D eigenvalue weighted by atomic mass is 16.4. The molecule has 0 saturated heterocycles. The van der Waals surface area contributed by atoms with Gasteiger partial charge in [0.15, 0.2) is 0 Å². The average Bonchev–Trinajstić information content (AvgIpc) is 2.98. The molecule has 2 unspecified atom stereocenters. The molecule has 2 saturated carbocycles. The van der Waals surface area contributed by atoms with Gasteiger partial charge in [0, 0.05) is 12.6 Å². The fraction of sp³-hybridized carbons (Fsp3) is 0.933. The number of hydrogen-bond acceptors (Lipinski definition) is 2. The molecule has 2 aliphatic carbocycles. The fourth-order valence-corrected chi connectivity index (χ4v) is 3.60. The van der Waals surface area contributed by atoms with Gasteiger partial charge < -0.3 is 5.11 Å². The summed E-state index contributed by atoms with van der Waals surface area (Å²) in [4.78, 5) is 13.3. The summed E-state index contributed by atoms with van der Waals surface area (Å²) in [5.41, 5.74) is 0.435. The summed E-state index contributed by atoms with van der Waals surface area (Å²) >= 11 is 0. The lowest BCUT2D eigenvalue weighted by Crippen LogP contribution is -2.47. The second kappa shape index (κ2) is 5.20. The monoisotopic (exact) mass is 253 g/mol. The molecule has 0 aliphatic heterocycles. The Hall–Kier alpha value is -0.570. The quantitative estimate of drug-likeness (QED) is 0.819. The fourth-order valence-electron chi connectivity index (χ4n) is 3.60. The van der Waals surface area contributed by atoms with Gasteiger partial charge >= 0.3 is 5.97 Å². The van der Waals surface area contributed by atoms with Gasteiger partial charge in [-0.05, 0) is 49.4 Å². The van der Waals surface area contributed by atoms with Crippen molar-refractivity contribution in [2.75, 3.05) is 13.1 Å². The lowest BCUT2D eigenvalue weighted by molar-refractivity contribution is -0.139. The molecule has 0 amide bonds. The highest BCUT2D eigenvalue weighted by Crippen LogP contribution is 2.41. The first-order valence-corrected chi connectivity index (χ1v) is 7.33. The highest BCUT2D eigenvalue weighted by Gasteiger charge is 2.37. The number of hydrogen-bond donors (Lipinski definition) is 1. The second-order valence-corrected chi connectivity index (χ2v) is 7.22. The second-order valence-electron chi connectivity index (χ2n) is 7.22. The first-order valence-electron chi connectivity index (χ1n) is 7.33. The lowest BCUT2D eigenvalue weighted by atomic mass is 9.70. The molecule has 0 aromatic rings. The smallest absolute Gasteiger partial charge is 0.317 e. The van der Waals surface area contributed by atoms with Crippen molar-refractivity contribution in [2.45, 2.75) is 58.9 Å². The number of rotatable bonds is 5. The molecule has 2 atom stereocenters. The largest absolute Gasteiger partial charge is 0.480 e. The summed E-state index contributed by atoms with van der Waals surface area (Å²) in [6.07, 6.45) is 6.20. The van der Waals surface area contributed by atoms with Gasteiger partial charge in [-0.2, -0.15) is 0 Å². The Bertz CT molecular complexity index is 310. The van der Waals surface area contributed by atoms with Crippen LogP contribution in [-0.2, 0) is 4.79 Å². The van der Waals surface area contributed by atoms with Crippen LogP contribution >= 0.6 is 0 Å². The van der Waals surface area contributed by atoms with Crippen LogP contribution in [0.5, 0.6) is 0 Å². The molecule has 1 N–H and O–H groups in total. The van der Waals surface area contributed by atoms with Crippen molar-refractivity contribution in [3.63, 3.8) is 0 Å². The maximum atomic E-state index is 11.0. The highest BCUT2D eigenvalue weighted by molar-refractivity contribution is 5.69. The Labute approximate surface area is 111 Å². The van der Waals surface area contributed by atoms with Gasteiger partial charge in [-0.3, -0.25) is 9.69 Å². The first-order chi connectivity index (χ1) is 8.37. The van der Waals surface area contributed by atoms with Crippen LogP contribution in [0.3, 0.4) is 0 Å². The van der Waals surface area contributed by atoms with Crippen LogP contribution < -0.4 is 0 Å². The van der Waals surface area contributed by atoms with Crippen LogP contribution in [0.1, 0.15) is 52.9 Å². The summed E-state index contributed by atoms with van der Waals surface area (Å²) < 4.78 is 0. The van der Waals surface area contributed by atoms with Crippen LogP contribution in [-0.4, -0.2) is 35.1 Å². The number of carboxylic acids is 1. The minimum Gasteiger partial charge on any atom is -0.480 e. The molecule has 0 heterocycles. The zero-order valence-corrected chi connectivity index (χ0v) is 12.0. The summed E-state index contributed by atoms with van der Waals surface area (Å²) in [6.45, 7) is 8.20. The van der Waals surface area contributed by atoms with Crippen molar-refractivity contribution in [3.8, 4) is 0 Å². The molecule has 0 radical (unpaired) electrons. The van der Waals surface area contributed by atoms with Crippen LogP contribution in [0.4, 0.5) is 0 Å². The van der Waals surface area contributed by atoms with Crippen molar-refractivity contribution in [1.29, 1.82) is 0 Å². The van der Waals surface area contributed by atoms with E-state index in [2.05, 4.69) is 25.7 Å². The van der Waals surface area contributed by atoms with E-state index in [1.54, 1.807) is 0 Å². The van der Waals surface area contributed by atoms with E-state index in [4.69, 9.17) is 5.11 Å². The van der Waals surface area contributed by atoms with Crippen molar-refractivity contribution in [2.24, 2.45) is 17.3 Å². The lowest BCUT2D eigenvalue weighted by Gasteiger charge is -2.44. The van der Waals surface area contributed by atoms with E-state index in [0.717, 1.165) is 18.9 Å². The molecule has 0 bridgehead atoms. The Morgan fingerprint density at radius 1 is 1.33 bits per heavy atom. The van der Waals surface area contributed by atoms with E-state index in [1.165, 1.54) is 25.7 Å². The third-order valence-corrected chi connectivity index (χ3v) is 4.65. The Kier molecular flexibility index (Phi) is 4.00.